The maximum atomic E-state index is 6.25. The van der Waals surface area contributed by atoms with Gasteiger partial charge in [-0.05, 0) is 25.5 Å². The first kappa shape index (κ1) is 11.3. The van der Waals surface area contributed by atoms with Gasteiger partial charge in [0.25, 0.3) is 0 Å². The van der Waals surface area contributed by atoms with E-state index in [4.69, 9.17) is 11.6 Å². The summed E-state index contributed by atoms with van der Waals surface area (Å²) >= 11 is 8.19. The Hall–Kier alpha value is -0.220. The molecule has 1 aliphatic rings. The first-order valence-electron chi connectivity index (χ1n) is 5.28. The molecular formula is C10H16ClN3S. The summed E-state index contributed by atoms with van der Waals surface area (Å²) in [5.41, 5.74) is 0. The summed E-state index contributed by atoms with van der Waals surface area (Å²) in [6, 6.07) is 0.380. The Morgan fingerprint density at radius 1 is 1.60 bits per heavy atom. The fraction of sp³-hybridized carbons (Fsp3) is 0.800. The standard InChI is InChI=1S/C10H16ClN3S/c1-7(2)14-10(12-6-13-14)3-8-4-15-5-9(8)11/h6-9H,3-5H2,1-2H3. The van der Waals surface area contributed by atoms with Crippen LogP contribution in [0.1, 0.15) is 25.7 Å². The van der Waals surface area contributed by atoms with E-state index in [1.165, 1.54) is 0 Å². The van der Waals surface area contributed by atoms with Gasteiger partial charge in [0.15, 0.2) is 0 Å². The van der Waals surface area contributed by atoms with Crippen LogP contribution in [0.2, 0.25) is 0 Å². The maximum absolute atomic E-state index is 6.25. The summed E-state index contributed by atoms with van der Waals surface area (Å²) in [6.45, 7) is 4.25. The Balaban J connectivity index is 2.06. The lowest BCUT2D eigenvalue weighted by Gasteiger charge is -2.14. The fourth-order valence-electron chi connectivity index (χ4n) is 1.85. The van der Waals surface area contributed by atoms with Gasteiger partial charge in [-0.25, -0.2) is 9.67 Å². The number of nitrogens with zero attached hydrogens (tertiary/aromatic N) is 3. The molecule has 0 aromatic carbocycles. The van der Waals surface area contributed by atoms with Crippen molar-refractivity contribution in [2.45, 2.75) is 31.7 Å². The molecule has 15 heavy (non-hydrogen) atoms. The maximum Gasteiger partial charge on any atom is 0.138 e. The van der Waals surface area contributed by atoms with E-state index >= 15 is 0 Å². The van der Waals surface area contributed by atoms with Gasteiger partial charge in [0.1, 0.15) is 12.2 Å². The minimum Gasteiger partial charge on any atom is -0.248 e. The summed E-state index contributed by atoms with van der Waals surface area (Å²) in [4.78, 5) is 4.32. The van der Waals surface area contributed by atoms with Gasteiger partial charge in [-0.2, -0.15) is 16.9 Å². The summed E-state index contributed by atoms with van der Waals surface area (Å²) < 4.78 is 1.99. The molecule has 1 aromatic rings. The molecule has 0 bridgehead atoms. The molecule has 84 valence electrons. The van der Waals surface area contributed by atoms with Crippen molar-refractivity contribution in [3.8, 4) is 0 Å². The van der Waals surface area contributed by atoms with Crippen molar-refractivity contribution in [1.82, 2.24) is 14.8 Å². The summed E-state index contributed by atoms with van der Waals surface area (Å²) in [7, 11) is 0. The van der Waals surface area contributed by atoms with E-state index in [1.54, 1.807) is 6.33 Å². The zero-order chi connectivity index (χ0) is 10.8. The normalized spacial score (nSPS) is 26.4. The Bertz CT molecular complexity index is 326. The molecule has 5 heteroatoms. The van der Waals surface area contributed by atoms with Gasteiger partial charge >= 0.3 is 0 Å². The van der Waals surface area contributed by atoms with Gasteiger partial charge in [-0.15, -0.1) is 11.6 Å². The van der Waals surface area contributed by atoms with Crippen molar-refractivity contribution in [2.24, 2.45) is 5.92 Å². The quantitative estimate of drug-likeness (QED) is 0.766. The number of halogens is 1. The Kier molecular flexibility index (Phi) is 3.57. The van der Waals surface area contributed by atoms with Crippen LogP contribution in [0.15, 0.2) is 6.33 Å². The SMILES string of the molecule is CC(C)n1ncnc1CC1CSCC1Cl. The predicted molar refractivity (Wildman–Crippen MR) is 64.6 cm³/mol. The van der Waals surface area contributed by atoms with Crippen molar-refractivity contribution in [3.05, 3.63) is 12.2 Å². The molecule has 2 atom stereocenters. The second kappa shape index (κ2) is 4.74. The molecule has 1 fully saturated rings. The van der Waals surface area contributed by atoms with Crippen LogP contribution >= 0.6 is 23.4 Å². The third-order valence-electron chi connectivity index (χ3n) is 2.70. The highest BCUT2D eigenvalue weighted by atomic mass is 35.5. The molecule has 1 aliphatic heterocycles. The molecule has 0 radical (unpaired) electrons. The van der Waals surface area contributed by atoms with E-state index in [-0.39, 0.29) is 0 Å². The molecular weight excluding hydrogens is 230 g/mol. The molecule has 0 spiro atoms. The van der Waals surface area contributed by atoms with E-state index in [0.717, 1.165) is 23.8 Å². The van der Waals surface area contributed by atoms with Crippen molar-refractivity contribution in [1.29, 1.82) is 0 Å². The van der Waals surface area contributed by atoms with Gasteiger partial charge in [-0.1, -0.05) is 0 Å². The van der Waals surface area contributed by atoms with Crippen LogP contribution in [0.3, 0.4) is 0 Å². The lowest BCUT2D eigenvalue weighted by Crippen LogP contribution is -2.18. The molecule has 2 heterocycles. The molecule has 1 aromatic heterocycles. The van der Waals surface area contributed by atoms with E-state index in [1.807, 2.05) is 16.4 Å². The number of rotatable bonds is 3. The monoisotopic (exact) mass is 245 g/mol. The van der Waals surface area contributed by atoms with Gasteiger partial charge in [0, 0.05) is 23.6 Å². The Morgan fingerprint density at radius 2 is 2.40 bits per heavy atom. The van der Waals surface area contributed by atoms with E-state index in [2.05, 4.69) is 23.9 Å². The Labute approximate surface area is 99.6 Å². The van der Waals surface area contributed by atoms with Gasteiger partial charge in [-0.3, -0.25) is 0 Å². The van der Waals surface area contributed by atoms with Gasteiger partial charge in [0.05, 0.1) is 0 Å². The molecule has 0 aliphatic carbocycles. The minimum absolute atomic E-state index is 0.298. The van der Waals surface area contributed by atoms with Crippen LogP contribution in [0, 0.1) is 5.92 Å². The van der Waals surface area contributed by atoms with Crippen molar-refractivity contribution < 1.29 is 0 Å². The molecule has 0 N–H and O–H groups in total. The van der Waals surface area contributed by atoms with E-state index in [9.17, 15) is 0 Å². The number of aromatic nitrogens is 3. The van der Waals surface area contributed by atoms with Crippen LogP contribution in [-0.2, 0) is 6.42 Å². The van der Waals surface area contributed by atoms with Crippen LogP contribution in [-0.4, -0.2) is 31.6 Å². The minimum atomic E-state index is 0.298. The highest BCUT2D eigenvalue weighted by Crippen LogP contribution is 2.30. The lowest BCUT2D eigenvalue weighted by molar-refractivity contribution is 0.476. The van der Waals surface area contributed by atoms with Crippen molar-refractivity contribution in [3.63, 3.8) is 0 Å². The summed E-state index contributed by atoms with van der Waals surface area (Å²) in [6.07, 6.45) is 2.60. The third-order valence-corrected chi connectivity index (χ3v) is 4.65. The number of hydrogen-bond acceptors (Lipinski definition) is 3. The molecule has 0 saturated carbocycles. The molecule has 0 amide bonds. The fourth-order valence-corrected chi connectivity index (χ4v) is 3.68. The number of hydrogen-bond donors (Lipinski definition) is 0. The first-order chi connectivity index (χ1) is 7.18. The topological polar surface area (TPSA) is 30.7 Å². The van der Waals surface area contributed by atoms with Crippen molar-refractivity contribution >= 4 is 23.4 Å². The van der Waals surface area contributed by atoms with Gasteiger partial charge < -0.3 is 0 Å². The average Bonchev–Trinajstić information content (AvgIpc) is 2.77. The smallest absolute Gasteiger partial charge is 0.138 e. The summed E-state index contributed by atoms with van der Waals surface area (Å²) in [5, 5.41) is 4.54. The van der Waals surface area contributed by atoms with Crippen molar-refractivity contribution in [2.75, 3.05) is 11.5 Å². The lowest BCUT2D eigenvalue weighted by atomic mass is 10.0. The molecule has 2 unspecified atom stereocenters. The second-order valence-electron chi connectivity index (χ2n) is 4.23. The Morgan fingerprint density at radius 3 is 3.00 bits per heavy atom. The number of alkyl halides is 1. The first-order valence-corrected chi connectivity index (χ1v) is 6.87. The second-order valence-corrected chi connectivity index (χ2v) is 5.87. The largest absolute Gasteiger partial charge is 0.248 e. The van der Waals surface area contributed by atoms with Crippen LogP contribution < -0.4 is 0 Å². The van der Waals surface area contributed by atoms with Crippen LogP contribution in [0.25, 0.3) is 0 Å². The highest BCUT2D eigenvalue weighted by molar-refractivity contribution is 7.99. The third kappa shape index (κ3) is 2.48. The zero-order valence-electron chi connectivity index (χ0n) is 9.06. The van der Waals surface area contributed by atoms with Gasteiger partial charge in [0.2, 0.25) is 0 Å². The average molecular weight is 246 g/mol. The molecule has 3 nitrogen and oxygen atoms in total. The zero-order valence-corrected chi connectivity index (χ0v) is 10.6. The van der Waals surface area contributed by atoms with Crippen LogP contribution in [0.4, 0.5) is 0 Å². The van der Waals surface area contributed by atoms with E-state index < -0.39 is 0 Å². The van der Waals surface area contributed by atoms with E-state index in [0.29, 0.717) is 17.3 Å². The number of thioether (sulfide) groups is 1. The molecule has 1 saturated heterocycles. The summed E-state index contributed by atoms with van der Waals surface area (Å²) in [5.74, 6) is 3.85. The predicted octanol–water partition coefficient (Wildman–Crippen LogP) is 2.37. The van der Waals surface area contributed by atoms with Crippen LogP contribution in [0.5, 0.6) is 0 Å². The highest BCUT2D eigenvalue weighted by Gasteiger charge is 2.27. The molecule has 2 rings (SSSR count).